The summed E-state index contributed by atoms with van der Waals surface area (Å²) in [7, 11) is -4.19. The Hall–Kier alpha value is -2.26. The monoisotopic (exact) mass is 425 g/mol. The van der Waals surface area contributed by atoms with Gasteiger partial charge in [-0.2, -0.15) is 16.4 Å². The summed E-state index contributed by atoms with van der Waals surface area (Å²) in [4.78, 5) is -0.411. The first kappa shape index (κ1) is 20.5. The summed E-state index contributed by atoms with van der Waals surface area (Å²) in [5, 5.41) is 6.90. The molecule has 0 fully saturated rings. The van der Waals surface area contributed by atoms with Crippen molar-refractivity contribution in [1.29, 1.82) is 0 Å². The van der Waals surface area contributed by atoms with Crippen LogP contribution in [0.5, 0.6) is 0 Å². The van der Waals surface area contributed by atoms with E-state index < -0.39 is 26.9 Å². The van der Waals surface area contributed by atoms with Gasteiger partial charge in [0.05, 0.1) is 11.4 Å². The van der Waals surface area contributed by atoms with E-state index in [1.807, 2.05) is 18.2 Å². The molecule has 2 aromatic heterocycles. The molecule has 0 radical (unpaired) electrons. The molecule has 0 spiro atoms. The van der Waals surface area contributed by atoms with E-state index in [0.717, 1.165) is 16.7 Å². The summed E-state index contributed by atoms with van der Waals surface area (Å²) in [5.74, 6) is 0.205. The van der Waals surface area contributed by atoms with Gasteiger partial charge in [0.25, 0.3) is 16.4 Å². The van der Waals surface area contributed by atoms with Crippen molar-refractivity contribution in [2.45, 2.75) is 38.5 Å². The average Bonchev–Trinajstić information content (AvgIpc) is 3.21. The molecule has 0 amide bonds. The van der Waals surface area contributed by atoms with E-state index in [9.17, 15) is 17.2 Å². The second-order valence-electron chi connectivity index (χ2n) is 7.60. The first-order valence-corrected chi connectivity index (χ1v) is 11.0. The van der Waals surface area contributed by atoms with Gasteiger partial charge in [0, 0.05) is 22.4 Å². The molecule has 150 valence electrons. The number of benzene rings is 1. The number of rotatable bonds is 6. The number of aromatic nitrogens is 2. The molecule has 3 aromatic rings. The van der Waals surface area contributed by atoms with Crippen LogP contribution in [0, 0.1) is 5.41 Å². The molecule has 0 aliphatic rings. The maximum absolute atomic E-state index is 13.2. The third kappa shape index (κ3) is 4.59. The average molecular weight is 426 g/mol. The summed E-state index contributed by atoms with van der Waals surface area (Å²) >= 11 is 0.924. The van der Waals surface area contributed by atoms with E-state index in [0.29, 0.717) is 17.8 Å². The first-order chi connectivity index (χ1) is 13.1. The molecule has 1 N–H and O–H groups in total. The summed E-state index contributed by atoms with van der Waals surface area (Å²) in [5.41, 5.74) is 0.814. The van der Waals surface area contributed by atoms with Crippen LogP contribution in [0.25, 0.3) is 5.69 Å². The fraction of sp³-hybridized carbons (Fsp3) is 0.316. The molecule has 0 saturated carbocycles. The van der Waals surface area contributed by atoms with Crippen LogP contribution in [0.3, 0.4) is 0 Å². The molecule has 0 unspecified atom stereocenters. The van der Waals surface area contributed by atoms with E-state index in [1.54, 1.807) is 18.2 Å². The van der Waals surface area contributed by atoms with Gasteiger partial charge < -0.3 is 0 Å². The number of sulfonamides is 1. The van der Waals surface area contributed by atoms with Crippen LogP contribution in [-0.4, -0.2) is 18.2 Å². The second kappa shape index (κ2) is 7.63. The Morgan fingerprint density at radius 3 is 2.46 bits per heavy atom. The van der Waals surface area contributed by atoms with Crippen molar-refractivity contribution in [2.24, 2.45) is 5.41 Å². The molecule has 0 bridgehead atoms. The second-order valence-corrected chi connectivity index (χ2v) is 10.00. The van der Waals surface area contributed by atoms with Crippen LogP contribution in [-0.2, 0) is 16.4 Å². The molecule has 9 heteroatoms. The lowest BCUT2D eigenvalue weighted by atomic mass is 9.91. The molecule has 0 aliphatic carbocycles. The van der Waals surface area contributed by atoms with Crippen molar-refractivity contribution < 1.29 is 17.2 Å². The van der Waals surface area contributed by atoms with E-state index in [4.69, 9.17) is 0 Å². The maximum Gasteiger partial charge on any atom is 0.265 e. The van der Waals surface area contributed by atoms with Crippen molar-refractivity contribution >= 4 is 27.2 Å². The predicted octanol–water partition coefficient (Wildman–Crippen LogP) is 5.26. The number of thiophene rings is 1. The van der Waals surface area contributed by atoms with Gasteiger partial charge in [-0.3, -0.25) is 4.72 Å². The smallest absolute Gasteiger partial charge is 0.263 e. The molecule has 0 aliphatic heterocycles. The van der Waals surface area contributed by atoms with Crippen molar-refractivity contribution in [1.82, 2.24) is 9.78 Å². The highest BCUT2D eigenvalue weighted by Gasteiger charge is 2.26. The third-order valence-corrected chi connectivity index (χ3v) is 6.21. The van der Waals surface area contributed by atoms with Gasteiger partial charge in [-0.1, -0.05) is 39.0 Å². The van der Waals surface area contributed by atoms with Gasteiger partial charge in [-0.25, -0.2) is 21.9 Å². The summed E-state index contributed by atoms with van der Waals surface area (Å²) in [6, 6.07) is 10.7. The van der Waals surface area contributed by atoms with Crippen LogP contribution in [0.1, 0.15) is 38.5 Å². The first-order valence-electron chi connectivity index (χ1n) is 8.58. The van der Waals surface area contributed by atoms with Gasteiger partial charge in [-0.15, -0.1) is 0 Å². The Kier molecular flexibility index (Phi) is 5.58. The Morgan fingerprint density at radius 2 is 1.86 bits per heavy atom. The highest BCUT2D eigenvalue weighted by Crippen LogP contribution is 2.32. The van der Waals surface area contributed by atoms with E-state index >= 15 is 0 Å². The van der Waals surface area contributed by atoms with Crippen LogP contribution in [0.2, 0.25) is 0 Å². The maximum atomic E-state index is 13.2. The topological polar surface area (TPSA) is 64.0 Å². The van der Waals surface area contributed by atoms with E-state index in [2.05, 4.69) is 30.6 Å². The lowest BCUT2D eigenvalue weighted by molar-refractivity contribution is 0.148. The molecule has 28 heavy (non-hydrogen) atoms. The van der Waals surface area contributed by atoms with Crippen LogP contribution in [0.15, 0.2) is 52.1 Å². The van der Waals surface area contributed by atoms with Crippen LogP contribution >= 0.6 is 11.3 Å². The van der Waals surface area contributed by atoms with Gasteiger partial charge in [0.1, 0.15) is 10.7 Å². The molecule has 5 nitrogen and oxygen atoms in total. The van der Waals surface area contributed by atoms with Gasteiger partial charge in [0.15, 0.2) is 0 Å². The van der Waals surface area contributed by atoms with Crippen molar-refractivity contribution in [3.05, 3.63) is 58.4 Å². The minimum absolute atomic E-state index is 0.0534. The van der Waals surface area contributed by atoms with E-state index in [1.165, 1.54) is 10.1 Å². The summed E-state index contributed by atoms with van der Waals surface area (Å²) in [6.07, 6.45) is -2.24. The largest absolute Gasteiger partial charge is 0.265 e. The number of halogens is 2. The minimum Gasteiger partial charge on any atom is -0.263 e. The Bertz CT molecular complexity index is 1050. The zero-order valence-corrected chi connectivity index (χ0v) is 17.3. The highest BCUT2D eigenvalue weighted by molar-refractivity contribution is 7.92. The number of alkyl halides is 2. The van der Waals surface area contributed by atoms with Gasteiger partial charge in [-0.05, 0) is 24.0 Å². The van der Waals surface area contributed by atoms with Crippen LogP contribution in [0.4, 0.5) is 14.6 Å². The quantitative estimate of drug-likeness (QED) is 0.586. The van der Waals surface area contributed by atoms with Crippen molar-refractivity contribution in [3.63, 3.8) is 0 Å². The molecule has 0 atom stereocenters. The molecular formula is C19H21F2N3O2S2. The number of nitrogens with one attached hydrogen (secondary N) is 1. The van der Waals surface area contributed by atoms with Crippen molar-refractivity contribution in [3.8, 4) is 5.69 Å². The molecule has 2 heterocycles. The zero-order chi connectivity index (χ0) is 20.5. The SMILES string of the molecule is CC(C)(C)Cc1cc(NS(=O)(=O)c2cscc2C(F)F)n(-c2ccccc2)n1. The van der Waals surface area contributed by atoms with Gasteiger partial charge >= 0.3 is 0 Å². The molecular weight excluding hydrogens is 404 g/mol. The predicted molar refractivity (Wildman–Crippen MR) is 107 cm³/mol. The Balaban J connectivity index is 2.04. The zero-order valence-electron chi connectivity index (χ0n) is 15.7. The number of hydrogen-bond acceptors (Lipinski definition) is 4. The Morgan fingerprint density at radius 1 is 1.18 bits per heavy atom. The lowest BCUT2D eigenvalue weighted by Crippen LogP contribution is -2.16. The number of nitrogens with zero attached hydrogens (tertiary/aromatic N) is 2. The summed E-state index contributed by atoms with van der Waals surface area (Å²) < 4.78 is 55.8. The molecule has 0 saturated heterocycles. The number of anilines is 1. The summed E-state index contributed by atoms with van der Waals surface area (Å²) in [6.45, 7) is 6.16. The van der Waals surface area contributed by atoms with Crippen LogP contribution < -0.4 is 4.72 Å². The lowest BCUT2D eigenvalue weighted by Gasteiger charge is -2.15. The van der Waals surface area contributed by atoms with E-state index in [-0.39, 0.29) is 11.2 Å². The third-order valence-electron chi connectivity index (χ3n) is 3.89. The normalized spacial score (nSPS) is 12.5. The number of hydrogen-bond donors (Lipinski definition) is 1. The standard InChI is InChI=1S/C19H21F2N3O2S2/c1-19(2,3)10-13-9-17(24(22-13)14-7-5-4-6-8-14)23-28(25,26)16-12-27-11-15(16)18(20)21/h4-9,11-12,18,23H,10H2,1-3H3. The van der Waals surface area contributed by atoms with Crippen molar-refractivity contribution in [2.75, 3.05) is 4.72 Å². The molecule has 1 aromatic carbocycles. The van der Waals surface area contributed by atoms with Gasteiger partial charge in [0.2, 0.25) is 0 Å². The Labute approximate surface area is 167 Å². The highest BCUT2D eigenvalue weighted by atomic mass is 32.2. The fourth-order valence-corrected chi connectivity index (χ4v) is 5.21. The minimum atomic E-state index is -4.19. The number of para-hydroxylation sites is 1. The molecule has 3 rings (SSSR count). The fourth-order valence-electron chi connectivity index (χ4n) is 2.76.